The number of carbonyl (C=O) groups is 2. The summed E-state index contributed by atoms with van der Waals surface area (Å²) in [7, 11) is -3.98. The SMILES string of the molecule is O=C(CC1(c2ccc(-c3ccc4ccccc4c3)s2)CCN(C(=O)OCC2c3ccccc3-c3ccccc32)CCS1(=O)=O)NOC1CCCCO1. The van der Waals surface area contributed by atoms with Gasteiger partial charge in [-0.2, -0.15) is 0 Å². The molecule has 0 saturated carbocycles. The lowest BCUT2D eigenvalue weighted by Gasteiger charge is -2.31. The zero-order valence-corrected chi connectivity index (χ0v) is 30.3. The molecule has 0 bridgehead atoms. The molecule has 0 radical (unpaired) electrons. The first-order chi connectivity index (χ1) is 25.3. The molecular formula is C41H40N2O7S2. The van der Waals surface area contributed by atoms with Crippen LogP contribution in [-0.4, -0.2) is 63.7 Å². The van der Waals surface area contributed by atoms with Crippen LogP contribution in [0.3, 0.4) is 0 Å². The monoisotopic (exact) mass is 736 g/mol. The quantitative estimate of drug-likeness (QED) is 0.162. The van der Waals surface area contributed by atoms with E-state index < -0.39 is 32.9 Å². The maximum absolute atomic E-state index is 14.5. The van der Waals surface area contributed by atoms with Crippen molar-refractivity contribution in [1.82, 2.24) is 10.4 Å². The van der Waals surface area contributed by atoms with Gasteiger partial charge in [0.05, 0.1) is 12.2 Å². The van der Waals surface area contributed by atoms with Gasteiger partial charge in [-0.15, -0.1) is 11.3 Å². The van der Waals surface area contributed by atoms with Crippen LogP contribution >= 0.6 is 11.3 Å². The Morgan fingerprint density at radius 2 is 1.60 bits per heavy atom. The Kier molecular flexibility index (Phi) is 9.60. The van der Waals surface area contributed by atoms with Gasteiger partial charge in [-0.25, -0.2) is 23.5 Å². The number of thiophene rings is 1. The van der Waals surface area contributed by atoms with E-state index in [0.717, 1.165) is 56.3 Å². The van der Waals surface area contributed by atoms with Crippen molar-refractivity contribution in [2.24, 2.45) is 0 Å². The molecule has 1 aliphatic carbocycles. The molecule has 2 saturated heterocycles. The first-order valence-corrected chi connectivity index (χ1v) is 20.3. The van der Waals surface area contributed by atoms with Crippen LogP contribution in [0.2, 0.25) is 0 Å². The summed E-state index contributed by atoms with van der Waals surface area (Å²) >= 11 is 1.36. The van der Waals surface area contributed by atoms with Crippen LogP contribution in [0.25, 0.3) is 32.3 Å². The number of nitrogens with zero attached hydrogens (tertiary/aromatic N) is 1. The number of nitrogens with one attached hydrogen (secondary N) is 1. The fraction of sp³-hybridized carbons (Fsp3) is 0.317. The molecule has 2 fully saturated rings. The number of ether oxygens (including phenoxy) is 2. The zero-order valence-electron chi connectivity index (χ0n) is 28.7. The minimum absolute atomic E-state index is 0.0184. The minimum Gasteiger partial charge on any atom is -0.448 e. The number of carbonyl (C=O) groups excluding carboxylic acids is 2. The molecule has 0 spiro atoms. The van der Waals surface area contributed by atoms with E-state index in [1.165, 1.54) is 16.2 Å². The number of hydrogen-bond acceptors (Lipinski definition) is 8. The topological polar surface area (TPSA) is 111 Å². The highest BCUT2D eigenvalue weighted by Gasteiger charge is 2.50. The standard InChI is InChI=1S/C41H40N2O7S2/c44-38(42-50-39-15-7-8-23-48-39)26-41(37-19-18-36(51-37)30-17-16-28-9-1-2-10-29(28)25-30)20-21-43(22-24-52(41,46)47)40(45)49-27-35-33-13-5-3-11-31(33)32-12-4-6-14-34(32)35/h1-6,9-14,16-19,25,35,39H,7-8,15,20-24,26-27H2,(H,42,44). The Balaban J connectivity index is 1.05. The van der Waals surface area contributed by atoms with E-state index in [-0.39, 0.29) is 44.2 Å². The highest BCUT2D eigenvalue weighted by atomic mass is 32.2. The summed E-state index contributed by atoms with van der Waals surface area (Å²) in [5.41, 5.74) is 7.89. The first kappa shape index (κ1) is 34.5. The van der Waals surface area contributed by atoms with Crippen molar-refractivity contribution in [2.75, 3.05) is 32.1 Å². The van der Waals surface area contributed by atoms with E-state index in [4.69, 9.17) is 14.3 Å². The van der Waals surface area contributed by atoms with E-state index in [1.54, 1.807) is 0 Å². The molecule has 4 aromatic carbocycles. The van der Waals surface area contributed by atoms with Gasteiger partial charge in [-0.3, -0.25) is 4.79 Å². The molecule has 11 heteroatoms. The third-order valence-electron chi connectivity index (χ3n) is 10.6. The Bertz CT molecular complexity index is 2180. The van der Waals surface area contributed by atoms with E-state index in [0.29, 0.717) is 17.9 Å². The summed E-state index contributed by atoms with van der Waals surface area (Å²) in [6.45, 7) is 0.720. The summed E-state index contributed by atoms with van der Waals surface area (Å²) in [4.78, 5) is 35.7. The normalized spacial score (nSPS) is 21.2. The van der Waals surface area contributed by atoms with Crippen LogP contribution in [0.4, 0.5) is 4.79 Å². The third kappa shape index (κ3) is 6.62. The van der Waals surface area contributed by atoms with Crippen LogP contribution in [0.1, 0.15) is 54.0 Å². The average molecular weight is 737 g/mol. The van der Waals surface area contributed by atoms with Gasteiger partial charge in [0.15, 0.2) is 16.1 Å². The van der Waals surface area contributed by atoms with Crippen molar-refractivity contribution < 1.29 is 32.3 Å². The lowest BCUT2D eigenvalue weighted by molar-refractivity contribution is -0.200. The summed E-state index contributed by atoms with van der Waals surface area (Å²) in [5.74, 6) is -1.00. The number of hydrogen-bond donors (Lipinski definition) is 1. The molecule has 2 unspecified atom stereocenters. The molecule has 3 heterocycles. The van der Waals surface area contributed by atoms with Gasteiger partial charge in [-0.05, 0) is 76.1 Å². The highest BCUT2D eigenvalue weighted by molar-refractivity contribution is 7.92. The third-order valence-corrected chi connectivity index (χ3v) is 14.5. The Labute approximate surface area is 307 Å². The number of benzene rings is 4. The smallest absolute Gasteiger partial charge is 0.409 e. The summed E-state index contributed by atoms with van der Waals surface area (Å²) in [5, 5.41) is 2.18. The highest BCUT2D eigenvalue weighted by Crippen LogP contribution is 2.47. The molecule has 2 aliphatic heterocycles. The fourth-order valence-corrected chi connectivity index (χ4v) is 11.3. The van der Waals surface area contributed by atoms with E-state index in [1.807, 2.05) is 72.8 Å². The van der Waals surface area contributed by atoms with Crippen LogP contribution in [0.15, 0.2) is 103 Å². The molecule has 2 amide bonds. The van der Waals surface area contributed by atoms with E-state index in [9.17, 15) is 18.0 Å². The summed E-state index contributed by atoms with van der Waals surface area (Å²) in [6.07, 6.45) is 0.981. The average Bonchev–Trinajstić information content (AvgIpc) is 3.76. The van der Waals surface area contributed by atoms with Gasteiger partial charge in [0.1, 0.15) is 11.4 Å². The number of amides is 2. The van der Waals surface area contributed by atoms with Crippen LogP contribution in [-0.2, 0) is 33.7 Å². The Morgan fingerprint density at radius 3 is 2.35 bits per heavy atom. The van der Waals surface area contributed by atoms with Gasteiger partial charge in [0.2, 0.25) is 5.91 Å². The Hall–Kier alpha value is -4.55. The maximum atomic E-state index is 14.5. The van der Waals surface area contributed by atoms with Gasteiger partial charge in [0.25, 0.3) is 0 Å². The lowest BCUT2D eigenvalue weighted by Crippen LogP contribution is -2.43. The fourth-order valence-electron chi connectivity index (χ4n) is 7.75. The first-order valence-electron chi connectivity index (χ1n) is 17.8. The zero-order chi connectivity index (χ0) is 35.7. The van der Waals surface area contributed by atoms with Crippen molar-refractivity contribution in [1.29, 1.82) is 0 Å². The van der Waals surface area contributed by atoms with Crippen molar-refractivity contribution in [3.05, 3.63) is 119 Å². The van der Waals surface area contributed by atoms with Crippen LogP contribution in [0.5, 0.6) is 0 Å². The van der Waals surface area contributed by atoms with Gasteiger partial charge < -0.3 is 14.4 Å². The molecule has 52 heavy (non-hydrogen) atoms. The van der Waals surface area contributed by atoms with Gasteiger partial charge in [-0.1, -0.05) is 84.9 Å². The minimum atomic E-state index is -3.98. The molecule has 8 rings (SSSR count). The second-order valence-corrected chi connectivity index (χ2v) is 17.2. The molecule has 3 aliphatic rings. The predicted octanol–water partition coefficient (Wildman–Crippen LogP) is 7.80. The van der Waals surface area contributed by atoms with E-state index in [2.05, 4.69) is 35.8 Å². The van der Waals surface area contributed by atoms with Crippen molar-refractivity contribution in [3.8, 4) is 21.6 Å². The van der Waals surface area contributed by atoms with Crippen LogP contribution in [0, 0.1) is 0 Å². The van der Waals surface area contributed by atoms with Crippen molar-refractivity contribution in [3.63, 3.8) is 0 Å². The number of sulfone groups is 1. The van der Waals surface area contributed by atoms with Gasteiger partial charge in [0, 0.05) is 41.8 Å². The van der Waals surface area contributed by atoms with Crippen molar-refractivity contribution in [2.45, 2.75) is 49.1 Å². The second-order valence-electron chi connectivity index (χ2n) is 13.7. The lowest BCUT2D eigenvalue weighted by atomic mass is 9.97. The number of hydroxylamine groups is 1. The maximum Gasteiger partial charge on any atom is 0.409 e. The number of rotatable bonds is 8. The van der Waals surface area contributed by atoms with E-state index >= 15 is 0 Å². The molecule has 1 aromatic heterocycles. The summed E-state index contributed by atoms with van der Waals surface area (Å²) in [6, 6.07) is 34.2. The van der Waals surface area contributed by atoms with Gasteiger partial charge >= 0.3 is 6.09 Å². The Morgan fingerprint density at radius 1 is 0.865 bits per heavy atom. The number of fused-ring (bicyclic) bond motifs is 4. The van der Waals surface area contributed by atoms with Crippen LogP contribution < -0.4 is 5.48 Å². The van der Waals surface area contributed by atoms with Crippen molar-refractivity contribution >= 4 is 43.9 Å². The molecule has 268 valence electrons. The second kappa shape index (κ2) is 14.5. The molecule has 5 aromatic rings. The molecule has 2 atom stereocenters. The molecule has 1 N–H and O–H groups in total. The predicted molar refractivity (Wildman–Crippen MR) is 201 cm³/mol. The molecular weight excluding hydrogens is 697 g/mol. The molecule has 9 nitrogen and oxygen atoms in total. The largest absolute Gasteiger partial charge is 0.448 e. The summed E-state index contributed by atoms with van der Waals surface area (Å²) < 4.78 is 38.9.